The summed E-state index contributed by atoms with van der Waals surface area (Å²) < 4.78 is 0. The van der Waals surface area contributed by atoms with Gasteiger partial charge in [-0.3, -0.25) is 20.6 Å². The van der Waals surface area contributed by atoms with Crippen LogP contribution in [0, 0.1) is 13.8 Å². The highest BCUT2D eigenvalue weighted by molar-refractivity contribution is 5.93. The predicted octanol–water partition coefficient (Wildman–Crippen LogP) is 2.57. The average molecular weight is 349 g/mol. The van der Waals surface area contributed by atoms with Crippen LogP contribution in [0.1, 0.15) is 21.6 Å². The van der Waals surface area contributed by atoms with Gasteiger partial charge in [0.15, 0.2) is 11.6 Å². The van der Waals surface area contributed by atoms with Crippen molar-refractivity contribution in [2.24, 2.45) is 0 Å². The fourth-order valence-electron chi connectivity index (χ4n) is 2.46. The maximum Gasteiger partial charge on any atom is 0.288 e. The molecule has 0 atom stereocenters. The second-order valence-corrected chi connectivity index (χ2v) is 5.78. The Labute approximate surface area is 150 Å². The van der Waals surface area contributed by atoms with Crippen molar-refractivity contribution in [2.75, 3.05) is 16.5 Å². The van der Waals surface area contributed by atoms with Gasteiger partial charge in [-0.1, -0.05) is 12.1 Å². The van der Waals surface area contributed by atoms with E-state index in [1.54, 1.807) is 24.4 Å². The summed E-state index contributed by atoms with van der Waals surface area (Å²) in [4.78, 5) is 24.2. The summed E-state index contributed by atoms with van der Waals surface area (Å²) in [5.41, 5.74) is 15.0. The van der Waals surface area contributed by atoms with E-state index in [9.17, 15) is 4.79 Å². The number of aromatic nitrogens is 3. The lowest BCUT2D eigenvalue weighted by atomic mass is 10.1. The minimum atomic E-state index is -0.396. The van der Waals surface area contributed by atoms with E-state index >= 15 is 0 Å². The van der Waals surface area contributed by atoms with Crippen molar-refractivity contribution in [3.8, 4) is 0 Å². The summed E-state index contributed by atoms with van der Waals surface area (Å²) in [5, 5.41) is 3.17. The molecule has 0 bridgehead atoms. The van der Waals surface area contributed by atoms with Gasteiger partial charge in [-0.15, -0.1) is 0 Å². The molecule has 0 saturated heterocycles. The molecule has 3 aromatic rings. The summed E-state index contributed by atoms with van der Waals surface area (Å²) in [6.45, 7) is 4.03. The molecule has 2 aromatic heterocycles. The zero-order valence-electron chi connectivity index (χ0n) is 14.4. The van der Waals surface area contributed by atoms with Crippen LogP contribution in [0.25, 0.3) is 0 Å². The van der Waals surface area contributed by atoms with Crippen molar-refractivity contribution in [1.29, 1.82) is 0 Å². The van der Waals surface area contributed by atoms with Crippen LogP contribution in [0.15, 0.2) is 48.9 Å². The molecule has 3 rings (SSSR count). The van der Waals surface area contributed by atoms with Crippen molar-refractivity contribution < 1.29 is 4.79 Å². The van der Waals surface area contributed by atoms with Gasteiger partial charge in [-0.25, -0.2) is 9.97 Å². The van der Waals surface area contributed by atoms with E-state index in [1.807, 2.05) is 26.0 Å². The average Bonchev–Trinajstić information content (AvgIpc) is 2.62. The molecule has 0 saturated carbocycles. The second kappa shape index (κ2) is 7.47. The third-order valence-corrected chi connectivity index (χ3v) is 3.56. The first-order valence-corrected chi connectivity index (χ1v) is 7.96. The van der Waals surface area contributed by atoms with Crippen LogP contribution in [0.4, 0.5) is 23.0 Å². The van der Waals surface area contributed by atoms with E-state index < -0.39 is 5.91 Å². The molecule has 0 aliphatic carbocycles. The lowest BCUT2D eigenvalue weighted by Crippen LogP contribution is -2.31. The van der Waals surface area contributed by atoms with Crippen LogP contribution in [-0.2, 0) is 0 Å². The van der Waals surface area contributed by atoms with E-state index in [0.29, 0.717) is 5.82 Å². The van der Waals surface area contributed by atoms with E-state index in [-0.39, 0.29) is 17.2 Å². The van der Waals surface area contributed by atoms with Gasteiger partial charge < -0.3 is 11.1 Å². The fraction of sp³-hybridized carbons (Fsp3) is 0.111. The van der Waals surface area contributed by atoms with Crippen LogP contribution < -0.4 is 21.9 Å². The molecular formula is C18H19N7O. The fourth-order valence-corrected chi connectivity index (χ4v) is 2.46. The number of amides is 1. The number of hydrogen-bond donors (Lipinski definition) is 4. The molecular weight excluding hydrogens is 330 g/mol. The molecule has 0 unspecified atom stereocenters. The molecule has 0 aliphatic heterocycles. The van der Waals surface area contributed by atoms with Crippen LogP contribution in [-0.4, -0.2) is 20.9 Å². The molecule has 8 heteroatoms. The van der Waals surface area contributed by atoms with Crippen molar-refractivity contribution in [2.45, 2.75) is 13.8 Å². The Hall–Kier alpha value is -3.68. The normalized spacial score (nSPS) is 10.2. The quantitative estimate of drug-likeness (QED) is 0.523. The van der Waals surface area contributed by atoms with Crippen molar-refractivity contribution >= 4 is 28.9 Å². The minimum Gasteiger partial charge on any atom is -0.393 e. The van der Waals surface area contributed by atoms with Crippen molar-refractivity contribution in [3.63, 3.8) is 0 Å². The summed E-state index contributed by atoms with van der Waals surface area (Å²) in [6, 6.07) is 11.1. The molecule has 1 amide bonds. The van der Waals surface area contributed by atoms with Gasteiger partial charge in [0.1, 0.15) is 17.7 Å². The SMILES string of the molecule is Cc1cc(C)cc(Nc2ncnc(NNC(=O)c3ccccn3)c2N)c1. The molecule has 0 aliphatic rings. The Morgan fingerprint density at radius 3 is 2.42 bits per heavy atom. The summed E-state index contributed by atoms with van der Waals surface area (Å²) in [6.07, 6.45) is 2.90. The molecule has 5 N–H and O–H groups in total. The Bertz CT molecular complexity index is 908. The first kappa shape index (κ1) is 17.2. The van der Waals surface area contributed by atoms with Gasteiger partial charge in [0, 0.05) is 11.9 Å². The van der Waals surface area contributed by atoms with Crippen LogP contribution in [0.2, 0.25) is 0 Å². The number of carbonyl (C=O) groups excluding carboxylic acids is 1. The molecule has 0 spiro atoms. The highest BCUT2D eigenvalue weighted by Crippen LogP contribution is 2.26. The van der Waals surface area contributed by atoms with Crippen molar-refractivity contribution in [3.05, 3.63) is 65.7 Å². The molecule has 0 radical (unpaired) electrons. The lowest BCUT2D eigenvalue weighted by Gasteiger charge is -2.13. The number of anilines is 4. The van der Waals surface area contributed by atoms with E-state index in [4.69, 9.17) is 5.73 Å². The number of hydrogen-bond acceptors (Lipinski definition) is 7. The molecule has 26 heavy (non-hydrogen) atoms. The van der Waals surface area contributed by atoms with Crippen LogP contribution in [0.3, 0.4) is 0 Å². The second-order valence-electron chi connectivity index (χ2n) is 5.78. The standard InChI is InChI=1S/C18H19N7O/c1-11-7-12(2)9-13(8-11)23-16-15(19)17(22-10-21-16)24-25-18(26)14-5-3-4-6-20-14/h3-10H,19H2,1-2H3,(H,25,26)(H2,21,22,23,24). The van der Waals surface area contributed by atoms with E-state index in [1.165, 1.54) is 6.33 Å². The lowest BCUT2D eigenvalue weighted by molar-refractivity contribution is 0.0957. The summed E-state index contributed by atoms with van der Waals surface area (Å²) >= 11 is 0. The topological polar surface area (TPSA) is 118 Å². The Morgan fingerprint density at radius 2 is 1.73 bits per heavy atom. The zero-order chi connectivity index (χ0) is 18.5. The number of nitrogens with one attached hydrogen (secondary N) is 3. The predicted molar refractivity (Wildman–Crippen MR) is 101 cm³/mol. The number of rotatable bonds is 5. The highest BCUT2D eigenvalue weighted by atomic mass is 16.2. The molecule has 8 nitrogen and oxygen atoms in total. The number of pyridine rings is 1. The van der Waals surface area contributed by atoms with Gasteiger partial charge in [0.2, 0.25) is 0 Å². The highest BCUT2D eigenvalue weighted by Gasteiger charge is 2.11. The first-order chi connectivity index (χ1) is 12.5. The molecule has 1 aromatic carbocycles. The number of carbonyl (C=O) groups is 1. The Morgan fingerprint density at radius 1 is 1.00 bits per heavy atom. The number of benzene rings is 1. The Kier molecular flexibility index (Phi) is 4.93. The summed E-state index contributed by atoms with van der Waals surface area (Å²) in [5.74, 6) is 0.336. The number of nitrogens with zero attached hydrogens (tertiary/aromatic N) is 3. The maximum absolute atomic E-state index is 12.0. The van der Waals surface area contributed by atoms with Crippen LogP contribution >= 0.6 is 0 Å². The van der Waals surface area contributed by atoms with E-state index in [2.05, 4.69) is 37.2 Å². The van der Waals surface area contributed by atoms with E-state index in [0.717, 1.165) is 16.8 Å². The zero-order valence-corrected chi connectivity index (χ0v) is 14.4. The molecule has 2 heterocycles. The number of nitrogen functional groups attached to an aromatic ring is 1. The molecule has 132 valence electrons. The van der Waals surface area contributed by atoms with Gasteiger partial charge in [0.05, 0.1) is 0 Å². The van der Waals surface area contributed by atoms with Gasteiger partial charge in [-0.2, -0.15) is 0 Å². The van der Waals surface area contributed by atoms with Crippen molar-refractivity contribution in [1.82, 2.24) is 20.4 Å². The Balaban J connectivity index is 1.73. The molecule has 0 fully saturated rings. The largest absolute Gasteiger partial charge is 0.393 e. The monoisotopic (exact) mass is 349 g/mol. The number of aryl methyl sites for hydroxylation is 2. The van der Waals surface area contributed by atoms with Crippen LogP contribution in [0.5, 0.6) is 0 Å². The maximum atomic E-state index is 12.0. The van der Waals surface area contributed by atoms with Gasteiger partial charge in [-0.05, 0) is 49.2 Å². The van der Waals surface area contributed by atoms with Gasteiger partial charge >= 0.3 is 0 Å². The smallest absolute Gasteiger partial charge is 0.288 e. The minimum absolute atomic E-state index is 0.279. The number of nitrogens with two attached hydrogens (primary N) is 1. The third kappa shape index (κ3) is 4.04. The first-order valence-electron chi connectivity index (χ1n) is 7.96. The third-order valence-electron chi connectivity index (χ3n) is 3.56. The summed E-state index contributed by atoms with van der Waals surface area (Å²) in [7, 11) is 0. The van der Waals surface area contributed by atoms with Gasteiger partial charge in [0.25, 0.3) is 5.91 Å². The number of hydrazine groups is 1.